The largest absolute Gasteiger partial charge is 0.491 e. The van der Waals surface area contributed by atoms with E-state index in [0.717, 1.165) is 35.9 Å². The van der Waals surface area contributed by atoms with E-state index in [2.05, 4.69) is 9.89 Å². The molecule has 1 fully saturated rings. The molecule has 1 aliphatic rings. The molecule has 21 heavy (non-hydrogen) atoms. The predicted molar refractivity (Wildman–Crippen MR) is 88.0 cm³/mol. The number of guanidine groups is 1. The molecule has 1 aliphatic heterocycles. The molecule has 0 bridgehead atoms. The lowest BCUT2D eigenvalue weighted by Gasteiger charge is -2.27. The van der Waals surface area contributed by atoms with Gasteiger partial charge in [0.1, 0.15) is 12.4 Å². The van der Waals surface area contributed by atoms with Crippen molar-refractivity contribution in [2.45, 2.75) is 6.54 Å². The molecule has 0 aromatic heterocycles. The van der Waals surface area contributed by atoms with Crippen LogP contribution < -0.4 is 10.5 Å². The Kier molecular flexibility index (Phi) is 6.69. The fourth-order valence-corrected chi connectivity index (χ4v) is 2.90. The molecule has 1 heterocycles. The molecule has 0 spiro atoms. The fraction of sp³-hybridized carbons (Fsp3) is 0.533. The summed E-state index contributed by atoms with van der Waals surface area (Å²) in [7, 11) is 1.66. The minimum atomic E-state index is 0.563. The molecule has 1 aromatic rings. The summed E-state index contributed by atoms with van der Waals surface area (Å²) in [5, 5.41) is 0. The second kappa shape index (κ2) is 8.79. The second-order valence-corrected chi connectivity index (χ2v) is 5.98. The van der Waals surface area contributed by atoms with Crippen LogP contribution in [0.15, 0.2) is 29.3 Å². The maximum atomic E-state index is 6.04. The minimum Gasteiger partial charge on any atom is -0.491 e. The third kappa shape index (κ3) is 5.47. The van der Waals surface area contributed by atoms with Crippen molar-refractivity contribution in [1.82, 2.24) is 4.90 Å². The Morgan fingerprint density at radius 1 is 1.24 bits per heavy atom. The number of methoxy groups -OCH3 is 1. The van der Waals surface area contributed by atoms with Gasteiger partial charge in [-0.15, -0.1) is 0 Å². The van der Waals surface area contributed by atoms with Gasteiger partial charge in [0.2, 0.25) is 0 Å². The molecule has 0 saturated carbocycles. The summed E-state index contributed by atoms with van der Waals surface area (Å²) < 4.78 is 10.5. The van der Waals surface area contributed by atoms with Crippen molar-refractivity contribution >= 4 is 17.7 Å². The second-order valence-electron chi connectivity index (χ2n) is 4.76. The standard InChI is InChI=1S/C15H23N3O2S/c1-19-8-9-20-14-4-2-13(3-5-14)12-17-15(16)18-6-10-21-11-7-18/h2-5H,6-12H2,1H3,(H2,16,17). The summed E-state index contributed by atoms with van der Waals surface area (Å²) in [6.45, 7) is 3.75. The molecular weight excluding hydrogens is 286 g/mol. The Labute approximate surface area is 130 Å². The number of aliphatic imine (C=N–C) groups is 1. The predicted octanol–water partition coefficient (Wildman–Crippen LogP) is 1.58. The van der Waals surface area contributed by atoms with Crippen LogP contribution in [-0.2, 0) is 11.3 Å². The van der Waals surface area contributed by atoms with Crippen LogP contribution in [0.5, 0.6) is 5.75 Å². The Morgan fingerprint density at radius 2 is 1.95 bits per heavy atom. The van der Waals surface area contributed by atoms with Crippen LogP contribution in [0, 0.1) is 0 Å². The number of thioether (sulfide) groups is 1. The van der Waals surface area contributed by atoms with Crippen LogP contribution in [-0.4, -0.2) is 55.8 Å². The molecule has 116 valence electrons. The number of ether oxygens (including phenoxy) is 2. The van der Waals surface area contributed by atoms with Crippen LogP contribution in [0.25, 0.3) is 0 Å². The first-order valence-electron chi connectivity index (χ1n) is 7.13. The van der Waals surface area contributed by atoms with Crippen molar-refractivity contribution < 1.29 is 9.47 Å². The van der Waals surface area contributed by atoms with Crippen molar-refractivity contribution in [1.29, 1.82) is 0 Å². The van der Waals surface area contributed by atoms with Crippen molar-refractivity contribution in [3.8, 4) is 5.75 Å². The van der Waals surface area contributed by atoms with Gasteiger partial charge in [-0.25, -0.2) is 4.99 Å². The number of nitrogens with two attached hydrogens (primary N) is 1. The number of hydrogen-bond acceptors (Lipinski definition) is 4. The number of nitrogens with zero attached hydrogens (tertiary/aromatic N) is 2. The zero-order valence-electron chi connectivity index (χ0n) is 12.5. The first-order chi connectivity index (χ1) is 10.3. The highest BCUT2D eigenvalue weighted by atomic mass is 32.2. The van der Waals surface area contributed by atoms with Crippen LogP contribution in [0.2, 0.25) is 0 Å². The molecule has 0 radical (unpaired) electrons. The van der Waals surface area contributed by atoms with Gasteiger partial charge in [-0.1, -0.05) is 12.1 Å². The van der Waals surface area contributed by atoms with E-state index in [-0.39, 0.29) is 0 Å². The lowest BCUT2D eigenvalue weighted by Crippen LogP contribution is -2.42. The van der Waals surface area contributed by atoms with Crippen LogP contribution in [0.1, 0.15) is 5.56 Å². The van der Waals surface area contributed by atoms with E-state index in [1.165, 1.54) is 0 Å². The van der Waals surface area contributed by atoms with Crippen LogP contribution in [0.3, 0.4) is 0 Å². The summed E-state index contributed by atoms with van der Waals surface area (Å²) in [6, 6.07) is 7.94. The zero-order valence-corrected chi connectivity index (χ0v) is 13.3. The summed E-state index contributed by atoms with van der Waals surface area (Å²) in [5.41, 5.74) is 7.16. The third-order valence-electron chi connectivity index (χ3n) is 3.24. The van der Waals surface area contributed by atoms with Crippen molar-refractivity contribution in [2.24, 2.45) is 10.7 Å². The van der Waals surface area contributed by atoms with Gasteiger partial charge >= 0.3 is 0 Å². The van der Waals surface area contributed by atoms with E-state index in [1.807, 2.05) is 36.0 Å². The lowest BCUT2D eigenvalue weighted by molar-refractivity contribution is 0.146. The molecule has 0 unspecified atom stereocenters. The number of rotatable bonds is 6. The molecule has 0 atom stereocenters. The van der Waals surface area contributed by atoms with Gasteiger partial charge in [0.05, 0.1) is 13.2 Å². The summed E-state index contributed by atoms with van der Waals surface area (Å²) in [6.07, 6.45) is 0. The highest BCUT2D eigenvalue weighted by Crippen LogP contribution is 2.13. The fourth-order valence-electron chi connectivity index (χ4n) is 2.00. The maximum Gasteiger partial charge on any atom is 0.191 e. The molecule has 0 aliphatic carbocycles. The van der Waals surface area contributed by atoms with E-state index in [0.29, 0.717) is 25.7 Å². The maximum absolute atomic E-state index is 6.04. The summed E-state index contributed by atoms with van der Waals surface area (Å²) in [4.78, 5) is 6.62. The Bertz CT molecular complexity index is 445. The van der Waals surface area contributed by atoms with Crippen molar-refractivity contribution in [3.05, 3.63) is 29.8 Å². The van der Waals surface area contributed by atoms with E-state index in [9.17, 15) is 0 Å². The number of hydrogen-bond donors (Lipinski definition) is 1. The van der Waals surface area contributed by atoms with Gasteiger partial charge in [0.15, 0.2) is 5.96 Å². The molecular formula is C15H23N3O2S. The normalized spacial score (nSPS) is 16.0. The van der Waals surface area contributed by atoms with Crippen LogP contribution >= 0.6 is 11.8 Å². The summed E-state index contributed by atoms with van der Waals surface area (Å²) >= 11 is 1.97. The number of benzene rings is 1. The van der Waals surface area contributed by atoms with Gasteiger partial charge in [-0.05, 0) is 17.7 Å². The first kappa shape index (κ1) is 16.0. The third-order valence-corrected chi connectivity index (χ3v) is 4.18. The molecule has 5 nitrogen and oxygen atoms in total. The molecule has 1 saturated heterocycles. The summed E-state index contributed by atoms with van der Waals surface area (Å²) in [5.74, 6) is 3.75. The van der Waals surface area contributed by atoms with E-state index >= 15 is 0 Å². The topological polar surface area (TPSA) is 60.1 Å². The van der Waals surface area contributed by atoms with Gasteiger partial charge in [0, 0.05) is 31.7 Å². The monoisotopic (exact) mass is 309 g/mol. The SMILES string of the molecule is COCCOc1ccc(CN=C(N)N2CCSCC2)cc1. The molecule has 2 N–H and O–H groups in total. The quantitative estimate of drug-likeness (QED) is 0.491. The van der Waals surface area contributed by atoms with E-state index in [1.54, 1.807) is 7.11 Å². The molecule has 1 aromatic carbocycles. The Morgan fingerprint density at radius 3 is 2.62 bits per heavy atom. The molecule has 6 heteroatoms. The smallest absolute Gasteiger partial charge is 0.191 e. The van der Waals surface area contributed by atoms with E-state index < -0.39 is 0 Å². The van der Waals surface area contributed by atoms with Crippen molar-refractivity contribution in [3.63, 3.8) is 0 Å². The minimum absolute atomic E-state index is 0.563. The highest BCUT2D eigenvalue weighted by Gasteiger charge is 2.11. The van der Waals surface area contributed by atoms with Gasteiger partial charge in [0.25, 0.3) is 0 Å². The average Bonchev–Trinajstić information content (AvgIpc) is 2.55. The van der Waals surface area contributed by atoms with Crippen LogP contribution in [0.4, 0.5) is 0 Å². The van der Waals surface area contributed by atoms with Gasteiger partial charge in [-0.3, -0.25) is 0 Å². The first-order valence-corrected chi connectivity index (χ1v) is 8.28. The van der Waals surface area contributed by atoms with Gasteiger partial charge < -0.3 is 20.1 Å². The van der Waals surface area contributed by atoms with E-state index in [4.69, 9.17) is 15.2 Å². The van der Waals surface area contributed by atoms with Crippen molar-refractivity contribution in [2.75, 3.05) is 44.9 Å². The van der Waals surface area contributed by atoms with Gasteiger partial charge in [-0.2, -0.15) is 11.8 Å². The Balaban J connectivity index is 1.82. The Hall–Kier alpha value is -1.40. The lowest BCUT2D eigenvalue weighted by atomic mass is 10.2. The highest BCUT2D eigenvalue weighted by molar-refractivity contribution is 7.99. The zero-order chi connectivity index (χ0) is 14.9. The molecule has 0 amide bonds. The average molecular weight is 309 g/mol. The molecule has 2 rings (SSSR count).